The highest BCUT2D eigenvalue weighted by molar-refractivity contribution is 7.89. The van der Waals surface area contributed by atoms with Crippen LogP contribution in [0.5, 0.6) is 5.88 Å². The first-order valence-electron chi connectivity index (χ1n) is 9.06. The molecule has 0 saturated heterocycles. The van der Waals surface area contributed by atoms with Gasteiger partial charge in [0.2, 0.25) is 21.9 Å². The largest absolute Gasteiger partial charge is 0.463 e. The van der Waals surface area contributed by atoms with Gasteiger partial charge in [0.1, 0.15) is 17.1 Å². The fourth-order valence-corrected chi connectivity index (χ4v) is 5.00. The molecular formula is C20H17F2N5O3S. The van der Waals surface area contributed by atoms with E-state index in [-0.39, 0.29) is 41.9 Å². The number of nitrogens with zero attached hydrogens (tertiary/aromatic N) is 4. The van der Waals surface area contributed by atoms with E-state index in [9.17, 15) is 17.2 Å². The lowest BCUT2D eigenvalue weighted by Gasteiger charge is -2.44. The summed E-state index contributed by atoms with van der Waals surface area (Å²) in [6.45, 7) is 0.001000. The summed E-state index contributed by atoms with van der Waals surface area (Å²) >= 11 is 0. The Morgan fingerprint density at radius 2 is 2.19 bits per heavy atom. The second kappa shape index (κ2) is 7.31. The molecule has 0 radical (unpaired) electrons. The fraction of sp³-hybridized carbons (Fsp3) is 0.250. The van der Waals surface area contributed by atoms with E-state index in [2.05, 4.69) is 20.9 Å². The van der Waals surface area contributed by atoms with Gasteiger partial charge in [-0.15, -0.1) is 6.42 Å². The molecule has 0 amide bonds. The zero-order valence-corrected chi connectivity index (χ0v) is 17.2. The first kappa shape index (κ1) is 20.7. The second-order valence-electron chi connectivity index (χ2n) is 7.16. The van der Waals surface area contributed by atoms with Crippen molar-refractivity contribution in [2.45, 2.75) is 12.0 Å². The first-order chi connectivity index (χ1) is 14.6. The number of guanidine groups is 1. The van der Waals surface area contributed by atoms with Crippen molar-refractivity contribution in [1.29, 1.82) is 0 Å². The Balaban J connectivity index is 1.67. The van der Waals surface area contributed by atoms with Gasteiger partial charge in [-0.3, -0.25) is 0 Å². The first-order valence-corrected chi connectivity index (χ1v) is 10.7. The van der Waals surface area contributed by atoms with Crippen molar-refractivity contribution >= 4 is 27.9 Å². The van der Waals surface area contributed by atoms with Gasteiger partial charge in [0.25, 0.3) is 0 Å². The predicted octanol–water partition coefficient (Wildman–Crippen LogP) is 1.44. The molecule has 0 saturated carbocycles. The van der Waals surface area contributed by atoms with E-state index in [0.717, 1.165) is 16.6 Å². The Hall–Kier alpha value is -3.52. The highest BCUT2D eigenvalue weighted by Gasteiger charge is 2.51. The number of fused-ring (bicyclic) bond motifs is 2. The molecule has 0 unspecified atom stereocenters. The molecule has 1 spiro atoms. The molecule has 1 aliphatic heterocycles. The minimum atomic E-state index is -3.70. The van der Waals surface area contributed by atoms with Crippen LogP contribution in [0.1, 0.15) is 22.4 Å². The van der Waals surface area contributed by atoms with Crippen molar-refractivity contribution in [3.05, 3.63) is 52.7 Å². The molecule has 31 heavy (non-hydrogen) atoms. The van der Waals surface area contributed by atoms with Gasteiger partial charge >= 0.3 is 0 Å². The van der Waals surface area contributed by atoms with Gasteiger partial charge in [-0.05, 0) is 34.9 Å². The van der Waals surface area contributed by atoms with E-state index >= 15 is 0 Å². The number of nitrogens with two attached hydrogens (primary N) is 1. The maximum absolute atomic E-state index is 14.7. The van der Waals surface area contributed by atoms with Crippen LogP contribution < -0.4 is 10.5 Å². The van der Waals surface area contributed by atoms with Gasteiger partial charge in [0.05, 0.1) is 18.1 Å². The summed E-state index contributed by atoms with van der Waals surface area (Å²) in [5.74, 6) is 0.563. The van der Waals surface area contributed by atoms with Crippen LogP contribution in [0.4, 0.5) is 8.78 Å². The van der Waals surface area contributed by atoms with Crippen LogP contribution in [0, 0.1) is 18.2 Å². The molecule has 1 aliphatic carbocycles. The summed E-state index contributed by atoms with van der Waals surface area (Å²) in [4.78, 5) is 12.1. The molecule has 8 nitrogen and oxygen atoms in total. The molecular weight excluding hydrogens is 428 g/mol. The molecule has 11 heteroatoms. The summed E-state index contributed by atoms with van der Waals surface area (Å²) in [5.41, 5.74) is 5.39. The molecule has 2 aromatic rings. The maximum Gasteiger partial charge on any atom is 0.239 e. The van der Waals surface area contributed by atoms with Gasteiger partial charge in [0.15, 0.2) is 12.4 Å². The second-order valence-corrected chi connectivity index (χ2v) is 9.16. The lowest BCUT2D eigenvalue weighted by Crippen LogP contribution is -2.55. The average Bonchev–Trinajstić information content (AvgIpc) is 2.72. The van der Waals surface area contributed by atoms with Crippen LogP contribution in [0.3, 0.4) is 0 Å². The highest BCUT2D eigenvalue weighted by atomic mass is 32.2. The molecule has 1 aromatic heterocycles. The maximum atomic E-state index is 14.7. The average molecular weight is 445 g/mol. The predicted molar refractivity (Wildman–Crippen MR) is 110 cm³/mol. The third-order valence-corrected chi connectivity index (χ3v) is 7.01. The number of hydrogen-bond donors (Lipinski definition) is 1. The molecule has 1 atom stereocenters. The number of halogens is 2. The zero-order valence-electron chi connectivity index (χ0n) is 16.3. The van der Waals surface area contributed by atoms with Crippen molar-refractivity contribution in [1.82, 2.24) is 14.3 Å². The lowest BCUT2D eigenvalue weighted by molar-refractivity contribution is 0.353. The van der Waals surface area contributed by atoms with Gasteiger partial charge in [-0.2, -0.15) is 0 Å². The Kier molecular flexibility index (Phi) is 4.89. The Labute approximate surface area is 177 Å². The lowest BCUT2D eigenvalue weighted by atomic mass is 9.71. The minimum Gasteiger partial charge on any atom is -0.463 e. The zero-order chi connectivity index (χ0) is 22.4. The topological polar surface area (TPSA) is 111 Å². The normalized spacial score (nSPS) is 21.7. The van der Waals surface area contributed by atoms with E-state index in [0.29, 0.717) is 11.1 Å². The minimum absolute atomic E-state index is 0.001000. The van der Waals surface area contributed by atoms with Crippen LogP contribution in [0.2, 0.25) is 0 Å². The van der Waals surface area contributed by atoms with Gasteiger partial charge < -0.3 is 10.5 Å². The number of terminal acetylenes is 1. The van der Waals surface area contributed by atoms with Gasteiger partial charge in [-0.25, -0.2) is 36.5 Å². The molecule has 160 valence electrons. The van der Waals surface area contributed by atoms with Crippen molar-refractivity contribution < 1.29 is 21.9 Å². The van der Waals surface area contributed by atoms with Crippen LogP contribution in [0.25, 0.3) is 11.9 Å². The molecule has 0 bridgehead atoms. The molecule has 4 rings (SSSR count). The summed E-state index contributed by atoms with van der Waals surface area (Å²) in [5, 5.41) is 0. The molecule has 1 aromatic carbocycles. The van der Waals surface area contributed by atoms with E-state index in [1.54, 1.807) is 0 Å². The van der Waals surface area contributed by atoms with Crippen molar-refractivity contribution in [2.75, 3.05) is 19.4 Å². The summed E-state index contributed by atoms with van der Waals surface area (Å²) < 4.78 is 60.0. The van der Waals surface area contributed by atoms with E-state index < -0.39 is 27.2 Å². The summed E-state index contributed by atoms with van der Waals surface area (Å²) in [6.07, 6.45) is 8.64. The SMILES string of the molecule is C#CCOc1cnc(/C(F)=C/c2cc(F)c3c(c2)[C@]2(C3)CS(=O)(=O)N(C)C(N)=N2)cn1. The Bertz CT molecular complexity index is 1270. The number of benzene rings is 1. The van der Waals surface area contributed by atoms with E-state index in [1.165, 1.54) is 25.4 Å². The van der Waals surface area contributed by atoms with Crippen molar-refractivity contribution in [3.63, 3.8) is 0 Å². The van der Waals surface area contributed by atoms with Crippen LogP contribution in [0.15, 0.2) is 29.5 Å². The molecule has 2 N–H and O–H groups in total. The highest BCUT2D eigenvalue weighted by Crippen LogP contribution is 2.47. The summed E-state index contributed by atoms with van der Waals surface area (Å²) in [6, 6.07) is 2.68. The molecule has 2 heterocycles. The number of aliphatic imine (C=N–C) groups is 1. The monoisotopic (exact) mass is 445 g/mol. The van der Waals surface area contributed by atoms with Crippen LogP contribution in [-0.2, 0) is 22.0 Å². The van der Waals surface area contributed by atoms with Crippen molar-refractivity contribution in [2.24, 2.45) is 10.7 Å². The molecule has 2 aliphatic rings. The van der Waals surface area contributed by atoms with Crippen LogP contribution >= 0.6 is 0 Å². The fourth-order valence-electron chi connectivity index (χ4n) is 3.56. The third-order valence-electron chi connectivity index (χ3n) is 5.15. The smallest absolute Gasteiger partial charge is 0.239 e. The number of aromatic nitrogens is 2. The number of sulfonamides is 1. The third kappa shape index (κ3) is 3.59. The molecule has 0 fully saturated rings. The van der Waals surface area contributed by atoms with E-state index in [4.69, 9.17) is 16.9 Å². The van der Waals surface area contributed by atoms with E-state index in [1.807, 2.05) is 0 Å². The summed E-state index contributed by atoms with van der Waals surface area (Å²) in [7, 11) is -2.40. The number of ether oxygens (including phenoxy) is 1. The Morgan fingerprint density at radius 1 is 1.42 bits per heavy atom. The quantitative estimate of drug-likeness (QED) is 0.713. The van der Waals surface area contributed by atoms with Gasteiger partial charge in [-0.1, -0.05) is 5.92 Å². The number of hydrogen-bond acceptors (Lipinski definition) is 7. The Morgan fingerprint density at radius 3 is 2.84 bits per heavy atom. The number of rotatable bonds is 4. The van der Waals surface area contributed by atoms with Crippen LogP contribution in [-0.4, -0.2) is 48.1 Å². The standard InChI is InChI=1S/C20H17F2N5O3S/c1-3-4-30-18-10-24-17(9-25-18)16(22)7-12-5-14-13(15(21)6-12)8-20(14)11-31(28,29)27(2)19(23)26-20/h1,5-7,9-10H,4,8,11H2,2H3,(H2,23,26)/b16-7-/t20-/m0/s1. The van der Waals surface area contributed by atoms with Gasteiger partial charge in [0, 0.05) is 13.5 Å². The van der Waals surface area contributed by atoms with Crippen molar-refractivity contribution in [3.8, 4) is 18.2 Å².